The maximum Gasteiger partial charge on any atom is 0.280 e. The third kappa shape index (κ3) is 4.54. The molecular formula is C20H25ClFN8O+. The van der Waals surface area contributed by atoms with Crippen molar-refractivity contribution in [1.29, 1.82) is 0 Å². The summed E-state index contributed by atoms with van der Waals surface area (Å²) in [4.78, 5) is 24.8. The second-order valence-electron chi connectivity index (χ2n) is 8.26. The first-order chi connectivity index (χ1) is 14.7. The van der Waals surface area contributed by atoms with Crippen molar-refractivity contribution in [2.75, 3.05) is 31.1 Å². The van der Waals surface area contributed by atoms with Crippen LogP contribution in [0.5, 0.6) is 0 Å². The molecule has 7 N–H and O–H groups in total. The molecule has 31 heavy (non-hydrogen) atoms. The smallest absolute Gasteiger partial charge is 0.280 e. The highest BCUT2D eigenvalue weighted by atomic mass is 35.5. The van der Waals surface area contributed by atoms with Gasteiger partial charge in [0.1, 0.15) is 24.9 Å². The zero-order valence-corrected chi connectivity index (χ0v) is 17.6. The standard InChI is InChI=1S/C20H24ClFN8O/c21-16-18(24)28-17(23)15(27-16)19(31)29-20(25)26-14-10-30(7-5-12(14)6-8-30)9-11-1-3-13(22)4-2-11/h1-4,12,14H,5-10H2,(H6-,23,24,25,26,28,29,31)/p+1/t12?,14-,30?/m1/s1. The molecule has 3 aliphatic heterocycles. The third-order valence-electron chi connectivity index (χ3n) is 6.16. The van der Waals surface area contributed by atoms with Gasteiger partial charge in [0.15, 0.2) is 28.4 Å². The minimum absolute atomic E-state index is 0.00201. The van der Waals surface area contributed by atoms with E-state index in [4.69, 9.17) is 28.8 Å². The summed E-state index contributed by atoms with van der Waals surface area (Å²) in [7, 11) is 0. The van der Waals surface area contributed by atoms with E-state index in [0.29, 0.717) is 5.92 Å². The lowest BCUT2D eigenvalue weighted by atomic mass is 9.81. The quantitative estimate of drug-likeness (QED) is 0.315. The lowest BCUT2D eigenvalue weighted by Gasteiger charge is -2.51. The number of fused-ring (bicyclic) bond motifs is 3. The van der Waals surface area contributed by atoms with Crippen LogP contribution in [0.15, 0.2) is 29.3 Å². The van der Waals surface area contributed by atoms with Gasteiger partial charge in [0.05, 0.1) is 13.1 Å². The number of nitrogens with one attached hydrogen (secondary N) is 1. The van der Waals surface area contributed by atoms with E-state index >= 15 is 0 Å². The molecule has 0 unspecified atom stereocenters. The Morgan fingerprint density at radius 1 is 1.19 bits per heavy atom. The van der Waals surface area contributed by atoms with Gasteiger partial charge in [-0.3, -0.25) is 10.1 Å². The van der Waals surface area contributed by atoms with E-state index in [1.54, 1.807) is 0 Å². The first-order valence-corrected chi connectivity index (χ1v) is 10.5. The fourth-order valence-electron chi connectivity index (χ4n) is 4.59. The number of carbonyl (C=O) groups is 1. The summed E-state index contributed by atoms with van der Waals surface area (Å²) in [5, 5.41) is 2.41. The summed E-state index contributed by atoms with van der Waals surface area (Å²) in [6, 6.07) is 6.64. The number of aromatic nitrogens is 2. The SMILES string of the molecule is NC(=N[C@@H]1C[N+]2(Cc3ccc(F)cc3)CCC1CC2)NC(=O)c1nc(Cl)c(N)nc1N. The van der Waals surface area contributed by atoms with Crippen LogP contribution in [-0.4, -0.2) is 52.0 Å². The van der Waals surface area contributed by atoms with Gasteiger partial charge in [-0.15, -0.1) is 0 Å². The van der Waals surface area contributed by atoms with Crippen molar-refractivity contribution in [3.63, 3.8) is 0 Å². The summed E-state index contributed by atoms with van der Waals surface area (Å²) in [5.41, 5.74) is 18.2. The normalized spacial score (nSPS) is 25.4. The zero-order chi connectivity index (χ0) is 22.2. The number of rotatable bonds is 4. The molecule has 9 nitrogen and oxygen atoms in total. The van der Waals surface area contributed by atoms with Crippen molar-refractivity contribution in [3.8, 4) is 0 Å². The number of guanidine groups is 1. The van der Waals surface area contributed by atoms with Crippen LogP contribution >= 0.6 is 11.6 Å². The first kappa shape index (κ1) is 21.3. The molecule has 3 aliphatic rings. The first-order valence-electron chi connectivity index (χ1n) is 10.1. The number of aliphatic imine (C=N–C) groups is 1. The van der Waals surface area contributed by atoms with Crippen molar-refractivity contribution in [3.05, 3.63) is 46.5 Å². The Kier molecular flexibility index (Phi) is 5.67. The van der Waals surface area contributed by atoms with Gasteiger partial charge in [-0.2, -0.15) is 0 Å². The van der Waals surface area contributed by atoms with Crippen LogP contribution in [0, 0.1) is 11.7 Å². The highest BCUT2D eigenvalue weighted by molar-refractivity contribution is 6.31. The van der Waals surface area contributed by atoms with Crippen LogP contribution in [0.25, 0.3) is 0 Å². The van der Waals surface area contributed by atoms with E-state index < -0.39 is 5.91 Å². The molecule has 0 aliphatic carbocycles. The molecule has 1 amide bonds. The van der Waals surface area contributed by atoms with Crippen LogP contribution in [0.3, 0.4) is 0 Å². The lowest BCUT2D eigenvalue weighted by molar-refractivity contribution is -0.955. The Labute approximate surface area is 184 Å². The molecule has 3 fully saturated rings. The minimum Gasteiger partial charge on any atom is -0.382 e. The minimum atomic E-state index is -0.648. The van der Waals surface area contributed by atoms with Crippen LogP contribution in [0.2, 0.25) is 5.15 Å². The number of anilines is 2. The van der Waals surface area contributed by atoms with Crippen molar-refractivity contribution in [1.82, 2.24) is 15.3 Å². The van der Waals surface area contributed by atoms with E-state index in [9.17, 15) is 9.18 Å². The Morgan fingerprint density at radius 2 is 1.87 bits per heavy atom. The number of halogens is 2. The van der Waals surface area contributed by atoms with Gasteiger partial charge in [0.25, 0.3) is 5.91 Å². The van der Waals surface area contributed by atoms with Crippen molar-refractivity contribution >= 4 is 35.1 Å². The van der Waals surface area contributed by atoms with Crippen LogP contribution < -0.4 is 22.5 Å². The molecule has 11 heteroatoms. The summed E-state index contributed by atoms with van der Waals surface area (Å²) >= 11 is 5.84. The van der Waals surface area contributed by atoms with Gasteiger partial charge in [-0.05, 0) is 18.1 Å². The lowest BCUT2D eigenvalue weighted by Crippen LogP contribution is -2.63. The Morgan fingerprint density at radius 3 is 2.55 bits per heavy atom. The van der Waals surface area contributed by atoms with Gasteiger partial charge in [-0.25, -0.2) is 19.4 Å². The van der Waals surface area contributed by atoms with Gasteiger partial charge in [-0.1, -0.05) is 23.7 Å². The van der Waals surface area contributed by atoms with Crippen LogP contribution in [0.1, 0.15) is 28.9 Å². The van der Waals surface area contributed by atoms with Crippen molar-refractivity contribution in [2.45, 2.75) is 25.4 Å². The van der Waals surface area contributed by atoms with Crippen molar-refractivity contribution < 1.29 is 13.7 Å². The predicted octanol–water partition coefficient (Wildman–Crippen LogP) is 1.29. The zero-order valence-electron chi connectivity index (χ0n) is 16.9. The summed E-state index contributed by atoms with van der Waals surface area (Å²) in [5.74, 6) is -0.666. The summed E-state index contributed by atoms with van der Waals surface area (Å²) in [6.07, 6.45) is 2.06. The van der Waals surface area contributed by atoms with Gasteiger partial charge < -0.3 is 21.7 Å². The molecule has 164 valence electrons. The van der Waals surface area contributed by atoms with Crippen molar-refractivity contribution in [2.24, 2.45) is 16.6 Å². The third-order valence-corrected chi connectivity index (χ3v) is 6.44. The number of nitrogens with two attached hydrogens (primary N) is 3. The van der Waals surface area contributed by atoms with Crippen LogP contribution in [-0.2, 0) is 6.54 Å². The summed E-state index contributed by atoms with van der Waals surface area (Å²) < 4.78 is 14.1. The largest absolute Gasteiger partial charge is 0.382 e. The highest BCUT2D eigenvalue weighted by Gasteiger charge is 2.46. The van der Waals surface area contributed by atoms with Gasteiger partial charge in [0.2, 0.25) is 0 Å². The Bertz CT molecular complexity index is 1020. The molecule has 1 atom stereocenters. The number of hydrogen-bond donors (Lipinski definition) is 4. The molecule has 3 saturated heterocycles. The Balaban J connectivity index is 1.46. The van der Waals surface area contributed by atoms with E-state index in [2.05, 4.69) is 20.3 Å². The predicted molar refractivity (Wildman–Crippen MR) is 116 cm³/mol. The molecule has 0 radical (unpaired) electrons. The molecule has 1 aromatic heterocycles. The number of hydrogen-bond acceptors (Lipinski definition) is 6. The second kappa shape index (κ2) is 8.27. The fourth-order valence-corrected chi connectivity index (χ4v) is 4.72. The maximum absolute atomic E-state index is 13.2. The van der Waals surface area contributed by atoms with E-state index in [1.165, 1.54) is 12.1 Å². The van der Waals surface area contributed by atoms with E-state index in [0.717, 1.165) is 49.1 Å². The molecule has 1 aromatic carbocycles. The molecular weight excluding hydrogens is 423 g/mol. The number of carbonyl (C=O) groups excluding carboxylic acids is 1. The maximum atomic E-state index is 13.2. The average molecular weight is 448 g/mol. The molecule has 0 saturated carbocycles. The second-order valence-corrected chi connectivity index (χ2v) is 8.62. The number of amides is 1. The topological polar surface area (TPSA) is 145 Å². The fraction of sp³-hybridized carbons (Fsp3) is 0.400. The molecule has 5 rings (SSSR count). The van der Waals surface area contributed by atoms with E-state index in [1.807, 2.05) is 12.1 Å². The number of piperidine rings is 3. The monoisotopic (exact) mass is 447 g/mol. The number of nitrogens with zero attached hydrogens (tertiary/aromatic N) is 4. The molecule has 2 bridgehead atoms. The molecule has 2 aromatic rings. The number of quaternary nitrogens is 1. The van der Waals surface area contributed by atoms with Gasteiger partial charge >= 0.3 is 0 Å². The van der Waals surface area contributed by atoms with Gasteiger partial charge in [0, 0.05) is 18.4 Å². The highest BCUT2D eigenvalue weighted by Crippen LogP contribution is 2.37. The number of nitrogen functional groups attached to an aromatic ring is 2. The Hall–Kier alpha value is -2.98. The summed E-state index contributed by atoms with van der Waals surface area (Å²) in [6.45, 7) is 3.74. The van der Waals surface area contributed by atoms with E-state index in [-0.39, 0.29) is 40.3 Å². The van der Waals surface area contributed by atoms with Crippen LogP contribution in [0.4, 0.5) is 16.0 Å². The number of benzene rings is 1. The molecule has 0 spiro atoms. The average Bonchev–Trinajstić information content (AvgIpc) is 2.73. The molecule has 4 heterocycles.